The van der Waals surface area contributed by atoms with Crippen molar-refractivity contribution in [3.63, 3.8) is 0 Å². The fourth-order valence-corrected chi connectivity index (χ4v) is 3.57. The molecule has 0 unspecified atom stereocenters. The van der Waals surface area contributed by atoms with E-state index < -0.39 is 0 Å². The second kappa shape index (κ2) is 6.01. The van der Waals surface area contributed by atoms with Crippen molar-refractivity contribution >= 4 is 5.69 Å². The molecule has 1 aliphatic rings. The van der Waals surface area contributed by atoms with Crippen LogP contribution < -0.4 is 4.90 Å². The van der Waals surface area contributed by atoms with Gasteiger partial charge < -0.3 is 10.0 Å². The van der Waals surface area contributed by atoms with Gasteiger partial charge in [0, 0.05) is 30.4 Å². The summed E-state index contributed by atoms with van der Waals surface area (Å²) >= 11 is 0. The average molecular weight is 296 g/mol. The van der Waals surface area contributed by atoms with Crippen LogP contribution in [0.2, 0.25) is 0 Å². The largest absolute Gasteiger partial charge is 0.508 e. The van der Waals surface area contributed by atoms with Crippen molar-refractivity contribution in [2.45, 2.75) is 18.4 Å². The zero-order valence-electron chi connectivity index (χ0n) is 13.4. The molecule has 0 bridgehead atoms. The molecule has 0 saturated carbocycles. The summed E-state index contributed by atoms with van der Waals surface area (Å²) in [5.41, 5.74) is 2.62. The lowest BCUT2D eigenvalue weighted by atomic mass is 9.79. The minimum absolute atomic E-state index is 0.106. The molecule has 0 radical (unpaired) electrons. The molecule has 116 valence electrons. The summed E-state index contributed by atoms with van der Waals surface area (Å²) in [7, 11) is 4.36. The normalized spacial score (nSPS) is 17.7. The minimum atomic E-state index is 0.106. The molecule has 3 rings (SSSR count). The van der Waals surface area contributed by atoms with E-state index in [0.717, 1.165) is 31.6 Å². The molecule has 0 atom stereocenters. The van der Waals surface area contributed by atoms with E-state index in [1.807, 2.05) is 12.1 Å². The van der Waals surface area contributed by atoms with Crippen molar-refractivity contribution in [3.8, 4) is 5.75 Å². The van der Waals surface area contributed by atoms with Crippen molar-refractivity contribution < 1.29 is 5.11 Å². The van der Waals surface area contributed by atoms with Crippen LogP contribution in [0.5, 0.6) is 5.75 Å². The summed E-state index contributed by atoms with van der Waals surface area (Å²) in [4.78, 5) is 4.73. The predicted octanol–water partition coefficient (Wildman–Crippen LogP) is 3.45. The lowest BCUT2D eigenvalue weighted by Gasteiger charge is -2.47. The Kier molecular flexibility index (Phi) is 4.08. The minimum Gasteiger partial charge on any atom is -0.508 e. The highest BCUT2D eigenvalue weighted by atomic mass is 16.3. The van der Waals surface area contributed by atoms with Gasteiger partial charge in [-0.3, -0.25) is 4.90 Å². The Morgan fingerprint density at radius 3 is 2.23 bits per heavy atom. The first-order valence-corrected chi connectivity index (χ1v) is 7.89. The van der Waals surface area contributed by atoms with Crippen molar-refractivity contribution in [1.82, 2.24) is 4.90 Å². The number of phenolic OH excluding ortho intramolecular Hbond substituents is 1. The van der Waals surface area contributed by atoms with E-state index in [1.165, 1.54) is 5.56 Å². The summed E-state index contributed by atoms with van der Waals surface area (Å²) in [6.07, 6.45) is 2.17. The van der Waals surface area contributed by atoms with Crippen molar-refractivity contribution in [2.24, 2.45) is 0 Å². The Labute approximate surface area is 132 Å². The van der Waals surface area contributed by atoms with Crippen LogP contribution in [-0.4, -0.2) is 37.2 Å². The molecule has 2 aromatic rings. The molecule has 2 aromatic carbocycles. The molecule has 0 aliphatic carbocycles. The zero-order chi connectivity index (χ0) is 15.6. The third-order valence-electron chi connectivity index (χ3n) is 4.95. The molecule has 3 heteroatoms. The molecule has 1 heterocycles. The highest BCUT2D eigenvalue weighted by molar-refractivity contribution is 5.51. The first kappa shape index (κ1) is 14.9. The van der Waals surface area contributed by atoms with Gasteiger partial charge >= 0.3 is 0 Å². The van der Waals surface area contributed by atoms with Crippen LogP contribution in [0.1, 0.15) is 18.4 Å². The zero-order valence-corrected chi connectivity index (χ0v) is 13.4. The monoisotopic (exact) mass is 296 g/mol. The van der Waals surface area contributed by atoms with Crippen LogP contribution >= 0.6 is 0 Å². The number of hydrogen-bond acceptors (Lipinski definition) is 3. The molecule has 0 amide bonds. The number of anilines is 1. The van der Waals surface area contributed by atoms with Gasteiger partial charge in [-0.1, -0.05) is 36.4 Å². The summed E-state index contributed by atoms with van der Waals surface area (Å²) < 4.78 is 0. The maximum absolute atomic E-state index is 9.68. The van der Waals surface area contributed by atoms with E-state index >= 15 is 0 Å². The fraction of sp³-hybridized carbons (Fsp3) is 0.368. The number of benzene rings is 2. The maximum Gasteiger partial charge on any atom is 0.117 e. The number of piperidine rings is 1. The Morgan fingerprint density at radius 2 is 1.64 bits per heavy atom. The topological polar surface area (TPSA) is 26.7 Å². The van der Waals surface area contributed by atoms with Gasteiger partial charge in [0.15, 0.2) is 0 Å². The third kappa shape index (κ3) is 2.69. The summed E-state index contributed by atoms with van der Waals surface area (Å²) in [5.74, 6) is 0.338. The average Bonchev–Trinajstić information content (AvgIpc) is 2.55. The smallest absolute Gasteiger partial charge is 0.117 e. The fourth-order valence-electron chi connectivity index (χ4n) is 3.57. The van der Waals surface area contributed by atoms with Crippen molar-refractivity contribution in [2.75, 3.05) is 32.1 Å². The molecule has 1 aliphatic heterocycles. The highest BCUT2D eigenvalue weighted by Crippen LogP contribution is 2.38. The van der Waals surface area contributed by atoms with E-state index in [0.29, 0.717) is 5.75 Å². The Bertz CT molecular complexity index is 616. The Morgan fingerprint density at radius 1 is 0.955 bits per heavy atom. The molecular formula is C19H24N2O. The number of nitrogens with zero attached hydrogens (tertiary/aromatic N) is 2. The van der Waals surface area contributed by atoms with Crippen LogP contribution in [0.15, 0.2) is 54.6 Å². The SMILES string of the molecule is CN(C)C1(c2ccccc2)CCN(c2cccc(O)c2)CC1. The Balaban J connectivity index is 1.82. The van der Waals surface area contributed by atoms with Crippen LogP contribution in [-0.2, 0) is 5.54 Å². The predicted molar refractivity (Wildman–Crippen MR) is 91.4 cm³/mol. The number of hydrogen-bond donors (Lipinski definition) is 1. The van der Waals surface area contributed by atoms with Gasteiger partial charge in [-0.25, -0.2) is 0 Å². The standard InChI is InChI=1S/C19H24N2O/c1-20(2)19(16-7-4-3-5-8-16)11-13-21(14-12-19)17-9-6-10-18(22)15-17/h3-10,15,22H,11-14H2,1-2H3. The summed E-state index contributed by atoms with van der Waals surface area (Å²) in [6.45, 7) is 1.99. The van der Waals surface area contributed by atoms with E-state index in [9.17, 15) is 5.11 Å². The summed E-state index contributed by atoms with van der Waals surface area (Å²) in [5, 5.41) is 9.68. The third-order valence-corrected chi connectivity index (χ3v) is 4.95. The van der Waals surface area contributed by atoms with Gasteiger partial charge in [0.25, 0.3) is 0 Å². The van der Waals surface area contributed by atoms with Gasteiger partial charge in [-0.15, -0.1) is 0 Å². The number of rotatable bonds is 3. The molecule has 1 fully saturated rings. The molecule has 1 saturated heterocycles. The number of aromatic hydroxyl groups is 1. The van der Waals surface area contributed by atoms with Crippen LogP contribution in [0.4, 0.5) is 5.69 Å². The van der Waals surface area contributed by atoms with Gasteiger partial charge in [0.05, 0.1) is 0 Å². The van der Waals surface area contributed by atoms with E-state index in [4.69, 9.17) is 0 Å². The summed E-state index contributed by atoms with van der Waals surface area (Å²) in [6, 6.07) is 18.4. The van der Waals surface area contributed by atoms with Crippen LogP contribution in [0.3, 0.4) is 0 Å². The first-order valence-electron chi connectivity index (χ1n) is 7.89. The van der Waals surface area contributed by atoms with Crippen LogP contribution in [0.25, 0.3) is 0 Å². The maximum atomic E-state index is 9.68. The van der Waals surface area contributed by atoms with Gasteiger partial charge in [-0.05, 0) is 44.6 Å². The number of phenols is 1. The van der Waals surface area contributed by atoms with Gasteiger partial charge in [-0.2, -0.15) is 0 Å². The molecular weight excluding hydrogens is 272 g/mol. The molecule has 22 heavy (non-hydrogen) atoms. The van der Waals surface area contributed by atoms with Crippen LogP contribution in [0, 0.1) is 0 Å². The van der Waals surface area contributed by atoms with E-state index in [-0.39, 0.29) is 5.54 Å². The first-order chi connectivity index (χ1) is 10.6. The second-order valence-corrected chi connectivity index (χ2v) is 6.30. The van der Waals surface area contributed by atoms with E-state index in [1.54, 1.807) is 6.07 Å². The molecule has 0 spiro atoms. The lowest BCUT2D eigenvalue weighted by Crippen LogP contribution is -2.50. The van der Waals surface area contributed by atoms with Crippen molar-refractivity contribution in [3.05, 3.63) is 60.2 Å². The van der Waals surface area contributed by atoms with E-state index in [2.05, 4.69) is 60.3 Å². The Hall–Kier alpha value is -2.00. The van der Waals surface area contributed by atoms with Crippen molar-refractivity contribution in [1.29, 1.82) is 0 Å². The van der Waals surface area contributed by atoms with Gasteiger partial charge in [0.1, 0.15) is 5.75 Å². The second-order valence-electron chi connectivity index (χ2n) is 6.30. The quantitative estimate of drug-likeness (QED) is 0.940. The van der Waals surface area contributed by atoms with Gasteiger partial charge in [0.2, 0.25) is 0 Å². The molecule has 3 nitrogen and oxygen atoms in total. The lowest BCUT2D eigenvalue weighted by molar-refractivity contribution is 0.115. The molecule has 0 aromatic heterocycles. The molecule has 1 N–H and O–H groups in total. The highest BCUT2D eigenvalue weighted by Gasteiger charge is 2.38.